The molecule has 1 amide bonds. The molecular weight excluding hydrogens is 294 g/mol. The Morgan fingerprint density at radius 2 is 2.17 bits per heavy atom. The lowest BCUT2D eigenvalue weighted by atomic mass is 9.82. The van der Waals surface area contributed by atoms with E-state index in [1.54, 1.807) is 31.1 Å². The predicted molar refractivity (Wildman–Crippen MR) is 85.1 cm³/mol. The highest BCUT2D eigenvalue weighted by Gasteiger charge is 2.34. The molecule has 0 saturated heterocycles. The lowest BCUT2D eigenvalue weighted by molar-refractivity contribution is -0.00961. The van der Waals surface area contributed by atoms with Gasteiger partial charge in [0.1, 0.15) is 0 Å². The fraction of sp³-hybridized carbons (Fsp3) is 0.471. The standard InChI is InChI=1S/C17H21N3O3/c1-4-22-14-9-13(10-14)16-18-15(19-23-16)11-6-5-7-12(8-11)17(21)20(2)3/h5-8,13-14H,4,9-10H2,1-3H3. The average Bonchev–Trinajstić information content (AvgIpc) is 2.99. The Bertz CT molecular complexity index is 690. The third-order valence-corrected chi connectivity index (χ3v) is 4.06. The first kappa shape index (κ1) is 15.7. The largest absolute Gasteiger partial charge is 0.378 e. The van der Waals surface area contributed by atoms with Crippen LogP contribution in [0.4, 0.5) is 0 Å². The van der Waals surface area contributed by atoms with Crippen LogP contribution in [0, 0.1) is 0 Å². The van der Waals surface area contributed by atoms with Crippen LogP contribution in [0.5, 0.6) is 0 Å². The molecule has 23 heavy (non-hydrogen) atoms. The molecular formula is C17H21N3O3. The zero-order chi connectivity index (χ0) is 16.4. The number of hydrogen-bond acceptors (Lipinski definition) is 5. The summed E-state index contributed by atoms with van der Waals surface area (Å²) in [7, 11) is 3.46. The van der Waals surface area contributed by atoms with Gasteiger partial charge in [0.05, 0.1) is 6.10 Å². The molecule has 6 nitrogen and oxygen atoms in total. The van der Waals surface area contributed by atoms with Crippen molar-refractivity contribution in [3.05, 3.63) is 35.7 Å². The van der Waals surface area contributed by atoms with Crippen molar-refractivity contribution in [2.45, 2.75) is 31.8 Å². The van der Waals surface area contributed by atoms with Gasteiger partial charge in [0.25, 0.3) is 5.91 Å². The second-order valence-electron chi connectivity index (χ2n) is 5.98. The van der Waals surface area contributed by atoms with Crippen molar-refractivity contribution in [1.29, 1.82) is 0 Å². The molecule has 1 saturated carbocycles. The molecule has 0 spiro atoms. The second-order valence-corrected chi connectivity index (χ2v) is 5.98. The summed E-state index contributed by atoms with van der Waals surface area (Å²) in [5.74, 6) is 1.40. The van der Waals surface area contributed by atoms with Gasteiger partial charge in [-0.3, -0.25) is 4.79 Å². The molecule has 0 atom stereocenters. The highest BCUT2D eigenvalue weighted by Crippen LogP contribution is 2.38. The molecule has 1 aliphatic carbocycles. The van der Waals surface area contributed by atoms with Crippen molar-refractivity contribution >= 4 is 5.91 Å². The summed E-state index contributed by atoms with van der Waals surface area (Å²) in [5.41, 5.74) is 1.40. The van der Waals surface area contributed by atoms with Gasteiger partial charge in [0, 0.05) is 37.7 Å². The molecule has 122 valence electrons. The highest BCUT2D eigenvalue weighted by atomic mass is 16.5. The zero-order valence-electron chi connectivity index (χ0n) is 13.7. The first-order valence-electron chi connectivity index (χ1n) is 7.85. The Kier molecular flexibility index (Phi) is 4.43. The highest BCUT2D eigenvalue weighted by molar-refractivity contribution is 5.94. The van der Waals surface area contributed by atoms with E-state index in [-0.39, 0.29) is 11.8 Å². The van der Waals surface area contributed by atoms with E-state index in [1.165, 1.54) is 0 Å². The summed E-state index contributed by atoms with van der Waals surface area (Å²) in [5, 5.41) is 4.05. The van der Waals surface area contributed by atoms with E-state index in [4.69, 9.17) is 9.26 Å². The first-order valence-corrected chi connectivity index (χ1v) is 7.85. The maximum Gasteiger partial charge on any atom is 0.253 e. The van der Waals surface area contributed by atoms with Crippen LogP contribution in [0.25, 0.3) is 11.4 Å². The van der Waals surface area contributed by atoms with E-state index < -0.39 is 0 Å². The smallest absolute Gasteiger partial charge is 0.253 e. The Labute approximate surface area is 135 Å². The van der Waals surface area contributed by atoms with Crippen LogP contribution in [-0.4, -0.2) is 47.8 Å². The molecule has 0 aliphatic heterocycles. The lowest BCUT2D eigenvalue weighted by Gasteiger charge is -2.32. The maximum absolute atomic E-state index is 12.0. The van der Waals surface area contributed by atoms with Gasteiger partial charge in [-0.25, -0.2) is 0 Å². The SMILES string of the molecule is CCOC1CC(c2nc(-c3cccc(C(=O)N(C)C)c3)no2)C1. The molecule has 0 N–H and O–H groups in total. The summed E-state index contributed by atoms with van der Waals surface area (Å²) in [4.78, 5) is 18.1. The van der Waals surface area contributed by atoms with Crippen molar-refractivity contribution in [3.8, 4) is 11.4 Å². The van der Waals surface area contributed by atoms with Crippen molar-refractivity contribution in [1.82, 2.24) is 15.0 Å². The normalized spacial score (nSPS) is 20.1. The molecule has 0 radical (unpaired) electrons. The van der Waals surface area contributed by atoms with Gasteiger partial charge in [0.2, 0.25) is 11.7 Å². The van der Waals surface area contributed by atoms with E-state index in [1.807, 2.05) is 19.1 Å². The van der Waals surface area contributed by atoms with Gasteiger partial charge in [0.15, 0.2) is 0 Å². The molecule has 1 aromatic carbocycles. The number of aromatic nitrogens is 2. The molecule has 0 unspecified atom stereocenters. The van der Waals surface area contributed by atoms with Crippen LogP contribution in [0.15, 0.2) is 28.8 Å². The summed E-state index contributed by atoms with van der Waals surface area (Å²) < 4.78 is 10.9. The van der Waals surface area contributed by atoms with Crippen molar-refractivity contribution in [2.75, 3.05) is 20.7 Å². The van der Waals surface area contributed by atoms with E-state index >= 15 is 0 Å². The fourth-order valence-corrected chi connectivity index (χ4v) is 2.71. The van der Waals surface area contributed by atoms with Gasteiger partial charge in [-0.1, -0.05) is 17.3 Å². The quantitative estimate of drug-likeness (QED) is 0.848. The summed E-state index contributed by atoms with van der Waals surface area (Å²) in [6.07, 6.45) is 2.16. The number of hydrogen-bond donors (Lipinski definition) is 0. The van der Waals surface area contributed by atoms with Crippen molar-refractivity contribution < 1.29 is 14.1 Å². The topological polar surface area (TPSA) is 68.5 Å². The van der Waals surface area contributed by atoms with Crippen LogP contribution in [-0.2, 0) is 4.74 Å². The van der Waals surface area contributed by atoms with Crippen LogP contribution >= 0.6 is 0 Å². The summed E-state index contributed by atoms with van der Waals surface area (Å²) in [6.45, 7) is 2.74. The molecule has 1 aromatic heterocycles. The van der Waals surface area contributed by atoms with Crippen LogP contribution < -0.4 is 0 Å². The maximum atomic E-state index is 12.0. The number of ether oxygens (including phenoxy) is 1. The van der Waals surface area contributed by atoms with E-state index in [0.29, 0.717) is 23.4 Å². The number of nitrogens with zero attached hydrogens (tertiary/aromatic N) is 3. The van der Waals surface area contributed by atoms with Crippen molar-refractivity contribution in [3.63, 3.8) is 0 Å². The number of rotatable bonds is 5. The molecule has 1 fully saturated rings. The van der Waals surface area contributed by atoms with Gasteiger partial charge < -0.3 is 14.2 Å². The van der Waals surface area contributed by atoms with Gasteiger partial charge in [-0.2, -0.15) is 4.98 Å². The third-order valence-electron chi connectivity index (χ3n) is 4.06. The van der Waals surface area contributed by atoms with Crippen LogP contribution in [0.1, 0.15) is 41.9 Å². The number of benzene rings is 1. The van der Waals surface area contributed by atoms with E-state index in [0.717, 1.165) is 25.0 Å². The number of carbonyl (C=O) groups is 1. The second kappa shape index (κ2) is 6.50. The zero-order valence-corrected chi connectivity index (χ0v) is 13.7. The Morgan fingerprint density at radius 1 is 1.39 bits per heavy atom. The van der Waals surface area contributed by atoms with Crippen LogP contribution in [0.3, 0.4) is 0 Å². The summed E-state index contributed by atoms with van der Waals surface area (Å²) >= 11 is 0. The monoisotopic (exact) mass is 315 g/mol. The number of carbonyl (C=O) groups excluding carboxylic acids is 1. The Hall–Kier alpha value is -2.21. The minimum Gasteiger partial charge on any atom is -0.378 e. The molecule has 3 rings (SSSR count). The predicted octanol–water partition coefficient (Wildman–Crippen LogP) is 2.72. The van der Waals surface area contributed by atoms with Gasteiger partial charge in [-0.15, -0.1) is 0 Å². The molecule has 0 bridgehead atoms. The molecule has 1 aliphatic rings. The molecule has 1 heterocycles. The molecule has 6 heteroatoms. The minimum absolute atomic E-state index is 0.0471. The molecule has 2 aromatic rings. The Balaban J connectivity index is 1.74. The van der Waals surface area contributed by atoms with E-state index in [9.17, 15) is 4.79 Å². The Morgan fingerprint density at radius 3 is 2.87 bits per heavy atom. The minimum atomic E-state index is -0.0471. The van der Waals surface area contributed by atoms with Crippen LogP contribution in [0.2, 0.25) is 0 Å². The summed E-state index contributed by atoms with van der Waals surface area (Å²) in [6, 6.07) is 7.29. The number of amides is 1. The van der Waals surface area contributed by atoms with Gasteiger partial charge >= 0.3 is 0 Å². The first-order chi connectivity index (χ1) is 11.1. The van der Waals surface area contributed by atoms with Crippen molar-refractivity contribution in [2.24, 2.45) is 0 Å². The average molecular weight is 315 g/mol. The third kappa shape index (κ3) is 3.27. The lowest BCUT2D eigenvalue weighted by Crippen LogP contribution is -2.29. The fourth-order valence-electron chi connectivity index (χ4n) is 2.71. The van der Waals surface area contributed by atoms with Gasteiger partial charge in [-0.05, 0) is 31.9 Å². The van der Waals surface area contributed by atoms with E-state index in [2.05, 4.69) is 10.1 Å².